The minimum absolute atomic E-state index is 0.0175. The molecule has 7 heteroatoms. The Bertz CT molecular complexity index is 1320. The molecule has 40 heavy (non-hydrogen) atoms. The predicted octanol–water partition coefficient (Wildman–Crippen LogP) is 5.25. The van der Waals surface area contributed by atoms with Crippen LogP contribution in [0.1, 0.15) is 93.4 Å². The second-order valence-electron chi connectivity index (χ2n) is 15.1. The summed E-state index contributed by atoms with van der Waals surface area (Å²) < 4.78 is 5.40. The average Bonchev–Trinajstić information content (AvgIpc) is 2.86. The van der Waals surface area contributed by atoms with Gasteiger partial charge < -0.3 is 10.1 Å². The molecule has 1 N–H and O–H groups in total. The maximum Gasteiger partial charge on any atom is 0.312 e. The molecule has 0 aromatic rings. The van der Waals surface area contributed by atoms with Crippen LogP contribution in [0.15, 0.2) is 23.3 Å². The van der Waals surface area contributed by atoms with Crippen molar-refractivity contribution in [2.45, 2.75) is 99.0 Å². The fourth-order valence-corrected chi connectivity index (χ4v) is 10.4. The molecule has 0 aromatic carbocycles. The van der Waals surface area contributed by atoms with Crippen LogP contribution in [-0.4, -0.2) is 36.1 Å². The number of Topliss-reactive ketones (excluding diaryl/α,β-unsaturated/α-hetero) is 1. The Hall–Kier alpha value is -2.75. The molecular formula is C33H44N2O5. The number of fused-ring (bicyclic) bond motifs is 7. The monoisotopic (exact) mass is 548 g/mol. The number of ether oxygens (including phenoxy) is 1. The number of hydrogen-bond acceptors (Lipinski definition) is 6. The van der Waals surface area contributed by atoms with Crippen molar-refractivity contribution in [2.75, 3.05) is 7.11 Å². The summed E-state index contributed by atoms with van der Waals surface area (Å²) in [6, 6.07) is 2.09. The molecule has 216 valence electrons. The molecule has 0 spiro atoms. The van der Waals surface area contributed by atoms with Gasteiger partial charge in [-0.1, -0.05) is 46.3 Å². The van der Waals surface area contributed by atoms with Crippen molar-refractivity contribution in [3.63, 3.8) is 0 Å². The highest BCUT2D eigenvalue weighted by atomic mass is 16.5. The van der Waals surface area contributed by atoms with Crippen LogP contribution in [0.4, 0.5) is 0 Å². The maximum absolute atomic E-state index is 14.5. The summed E-state index contributed by atoms with van der Waals surface area (Å²) in [4.78, 5) is 53.7. The van der Waals surface area contributed by atoms with E-state index >= 15 is 0 Å². The minimum atomic E-state index is -1.25. The Morgan fingerprint density at radius 3 is 2.27 bits per heavy atom. The SMILES string of the molecule is COC(=O)[C@]12CCC(C)(C)CC1C1C(=O)C=C3C(C)(CCC4[C@]3(C)C=C(C#N)C(=O)[C@@]4(C)NC(C)=O)[C@]1(C)CC2. The van der Waals surface area contributed by atoms with Crippen LogP contribution in [0.25, 0.3) is 0 Å². The first kappa shape index (κ1) is 28.8. The first-order chi connectivity index (χ1) is 18.5. The molecule has 3 saturated carbocycles. The van der Waals surface area contributed by atoms with Gasteiger partial charge in [0, 0.05) is 24.2 Å². The molecule has 0 aliphatic heterocycles. The summed E-state index contributed by atoms with van der Waals surface area (Å²) in [6.07, 6.45) is 8.85. The first-order valence-corrected chi connectivity index (χ1v) is 14.8. The fraction of sp³-hybridized carbons (Fsp3) is 0.727. The van der Waals surface area contributed by atoms with E-state index in [4.69, 9.17) is 4.74 Å². The Balaban J connectivity index is 1.70. The Morgan fingerprint density at radius 2 is 1.68 bits per heavy atom. The van der Waals surface area contributed by atoms with Crippen LogP contribution in [0, 0.1) is 56.2 Å². The first-order valence-electron chi connectivity index (χ1n) is 14.8. The Labute approximate surface area is 238 Å². The lowest BCUT2D eigenvalue weighted by Crippen LogP contribution is -2.69. The van der Waals surface area contributed by atoms with Crippen LogP contribution in [-0.2, 0) is 23.9 Å². The molecule has 0 heterocycles. The number of rotatable bonds is 2. The van der Waals surface area contributed by atoms with E-state index in [1.54, 1.807) is 13.0 Å². The number of allylic oxidation sites excluding steroid dienone is 3. The molecule has 4 unspecified atom stereocenters. The molecule has 0 aromatic heterocycles. The van der Waals surface area contributed by atoms with Gasteiger partial charge in [-0.3, -0.25) is 19.2 Å². The number of ketones is 2. The lowest BCUT2D eigenvalue weighted by Gasteiger charge is -2.68. The predicted molar refractivity (Wildman–Crippen MR) is 149 cm³/mol. The number of hydrogen-bond donors (Lipinski definition) is 1. The molecule has 5 aliphatic carbocycles. The second kappa shape index (κ2) is 8.63. The number of nitrogens with zero attached hydrogens (tertiary/aromatic N) is 1. The largest absolute Gasteiger partial charge is 0.469 e. The van der Waals surface area contributed by atoms with Gasteiger partial charge in [0.1, 0.15) is 11.6 Å². The molecule has 8 atom stereocenters. The summed E-state index contributed by atoms with van der Waals surface area (Å²) in [5.41, 5.74) is -2.47. The lowest BCUT2D eigenvalue weighted by molar-refractivity contribution is -0.190. The van der Waals surface area contributed by atoms with Gasteiger partial charge in [-0.2, -0.15) is 5.26 Å². The van der Waals surface area contributed by atoms with Crippen LogP contribution >= 0.6 is 0 Å². The number of amides is 1. The van der Waals surface area contributed by atoms with Crippen LogP contribution in [0.3, 0.4) is 0 Å². The zero-order valence-corrected chi connectivity index (χ0v) is 25.3. The molecule has 1 amide bonds. The summed E-state index contributed by atoms with van der Waals surface area (Å²) in [7, 11) is 1.46. The van der Waals surface area contributed by atoms with Crippen LogP contribution in [0.2, 0.25) is 0 Å². The zero-order valence-electron chi connectivity index (χ0n) is 25.3. The van der Waals surface area contributed by atoms with Gasteiger partial charge >= 0.3 is 5.97 Å². The van der Waals surface area contributed by atoms with Gasteiger partial charge in [0.05, 0.1) is 18.1 Å². The van der Waals surface area contributed by atoms with Gasteiger partial charge in [0.25, 0.3) is 0 Å². The van der Waals surface area contributed by atoms with Crippen molar-refractivity contribution in [3.8, 4) is 6.07 Å². The summed E-state index contributed by atoms with van der Waals surface area (Å²) >= 11 is 0. The molecular weight excluding hydrogens is 504 g/mol. The lowest BCUT2D eigenvalue weighted by atomic mass is 9.34. The van der Waals surface area contributed by atoms with Gasteiger partial charge in [0.15, 0.2) is 11.6 Å². The highest BCUT2D eigenvalue weighted by Crippen LogP contribution is 2.74. The zero-order chi connectivity index (χ0) is 29.7. The molecule has 0 radical (unpaired) electrons. The van der Waals surface area contributed by atoms with Crippen LogP contribution < -0.4 is 5.32 Å². The number of carbonyl (C=O) groups excluding carboxylic acids is 4. The van der Waals surface area contributed by atoms with Crippen LogP contribution in [0.5, 0.6) is 0 Å². The molecule has 0 saturated heterocycles. The van der Waals surface area contributed by atoms with E-state index in [9.17, 15) is 24.4 Å². The number of carbonyl (C=O) groups is 4. The van der Waals surface area contributed by atoms with Crippen molar-refractivity contribution >= 4 is 23.4 Å². The van der Waals surface area contributed by atoms with E-state index in [-0.39, 0.29) is 52.2 Å². The Kier molecular flexibility index (Phi) is 6.21. The normalized spacial score (nSPS) is 45.3. The third-order valence-electron chi connectivity index (χ3n) is 12.6. The summed E-state index contributed by atoms with van der Waals surface area (Å²) in [5, 5.41) is 12.9. The maximum atomic E-state index is 14.5. The quantitative estimate of drug-likeness (QED) is 0.472. The summed E-state index contributed by atoms with van der Waals surface area (Å²) in [5.74, 6) is -1.56. The molecule has 0 bridgehead atoms. The molecule has 5 aliphatic rings. The van der Waals surface area contributed by atoms with Gasteiger partial charge in [-0.05, 0) is 80.1 Å². The number of esters is 1. The van der Waals surface area contributed by atoms with Crippen molar-refractivity contribution < 1.29 is 23.9 Å². The molecule has 3 fully saturated rings. The molecule has 5 rings (SSSR count). The second-order valence-corrected chi connectivity index (χ2v) is 15.1. The van der Waals surface area contributed by atoms with Crippen molar-refractivity contribution in [1.29, 1.82) is 5.26 Å². The van der Waals surface area contributed by atoms with Crippen molar-refractivity contribution in [3.05, 3.63) is 23.3 Å². The standard InChI is InChI=1S/C33H44N2O5/c1-19(36)35-32(7)23-9-10-30(5)24(29(23,4)16-20(18-34)26(32)38)15-22(37)25-21-17-28(2,3)11-13-33(21,27(39)40-8)14-12-31(25,30)6/h15-16,21,23,25H,9-14,17H2,1-8H3,(H,35,36)/t21?,23?,25?,29-,30?,31+,32-,33-/m0/s1. The van der Waals surface area contributed by atoms with Gasteiger partial charge in [0.2, 0.25) is 5.91 Å². The third-order valence-corrected chi connectivity index (χ3v) is 12.6. The van der Waals surface area contributed by atoms with E-state index in [1.807, 2.05) is 13.0 Å². The van der Waals surface area contributed by atoms with Gasteiger partial charge in [-0.25, -0.2) is 0 Å². The topological polar surface area (TPSA) is 113 Å². The smallest absolute Gasteiger partial charge is 0.312 e. The van der Waals surface area contributed by atoms with E-state index in [0.29, 0.717) is 12.8 Å². The number of nitrogens with one attached hydrogen (secondary N) is 1. The average molecular weight is 549 g/mol. The van der Waals surface area contributed by atoms with E-state index in [1.165, 1.54) is 14.0 Å². The van der Waals surface area contributed by atoms with Crippen molar-refractivity contribution in [2.24, 2.45) is 44.8 Å². The van der Waals surface area contributed by atoms with Crippen molar-refractivity contribution in [1.82, 2.24) is 5.32 Å². The number of nitriles is 1. The highest BCUT2D eigenvalue weighted by molar-refractivity contribution is 6.09. The van der Waals surface area contributed by atoms with E-state index in [2.05, 4.69) is 39.1 Å². The van der Waals surface area contributed by atoms with E-state index < -0.39 is 27.2 Å². The molecule has 7 nitrogen and oxygen atoms in total. The highest BCUT2D eigenvalue weighted by Gasteiger charge is 2.71. The third kappa shape index (κ3) is 3.46. The van der Waals surface area contributed by atoms with Gasteiger partial charge in [-0.15, -0.1) is 0 Å². The fourth-order valence-electron chi connectivity index (χ4n) is 10.4. The van der Waals surface area contributed by atoms with E-state index in [0.717, 1.165) is 37.7 Å². The summed E-state index contributed by atoms with van der Waals surface area (Å²) in [6.45, 7) is 14.1. The number of methoxy groups -OCH3 is 1. The Morgan fingerprint density at radius 1 is 1.02 bits per heavy atom. The minimum Gasteiger partial charge on any atom is -0.469 e.